The van der Waals surface area contributed by atoms with Crippen LogP contribution in [0.3, 0.4) is 0 Å². The van der Waals surface area contributed by atoms with E-state index in [9.17, 15) is 13.2 Å². The van der Waals surface area contributed by atoms with Gasteiger partial charge in [-0.3, -0.25) is 9.48 Å². The number of nitrogens with zero attached hydrogens (tertiary/aromatic N) is 4. The van der Waals surface area contributed by atoms with Gasteiger partial charge in [0.2, 0.25) is 10.0 Å². The Balaban J connectivity index is 1.49. The molecule has 0 atom stereocenters. The summed E-state index contributed by atoms with van der Waals surface area (Å²) in [5.41, 5.74) is 2.69. The Morgan fingerprint density at radius 2 is 1.76 bits per heavy atom. The minimum absolute atomic E-state index is 0.0471. The zero-order valence-corrected chi connectivity index (χ0v) is 18.6. The Kier molecular flexibility index (Phi) is 5.00. The number of rotatable bonds is 3. The van der Waals surface area contributed by atoms with Gasteiger partial charge in [0.15, 0.2) is 0 Å². The van der Waals surface area contributed by atoms with Crippen LogP contribution in [-0.4, -0.2) is 59.5 Å². The van der Waals surface area contributed by atoms with E-state index in [0.29, 0.717) is 36.0 Å². The molecule has 1 saturated heterocycles. The minimum atomic E-state index is -3.56. The summed E-state index contributed by atoms with van der Waals surface area (Å²) in [6, 6.07) is 7.26. The van der Waals surface area contributed by atoms with Crippen LogP contribution in [0, 0.1) is 20.8 Å². The summed E-state index contributed by atoms with van der Waals surface area (Å²) in [5.74, 6) is -0.0471. The zero-order chi connectivity index (χ0) is 20.9. The van der Waals surface area contributed by atoms with E-state index in [1.54, 1.807) is 15.6 Å². The van der Waals surface area contributed by atoms with Crippen molar-refractivity contribution in [2.45, 2.75) is 25.7 Å². The van der Waals surface area contributed by atoms with Crippen molar-refractivity contribution in [2.75, 3.05) is 26.2 Å². The predicted molar refractivity (Wildman–Crippen MR) is 114 cm³/mol. The van der Waals surface area contributed by atoms with E-state index in [4.69, 9.17) is 0 Å². The fourth-order valence-corrected chi connectivity index (χ4v) is 6.54. The number of carbonyl (C=O) groups is 1. The third-order valence-corrected chi connectivity index (χ3v) is 8.63. The summed E-state index contributed by atoms with van der Waals surface area (Å²) in [4.78, 5) is 16.7. The summed E-state index contributed by atoms with van der Waals surface area (Å²) >= 11 is 1.43. The molecule has 154 valence electrons. The molecule has 1 amide bonds. The molecule has 0 bridgehead atoms. The highest BCUT2D eigenvalue weighted by Crippen LogP contribution is 2.29. The lowest BCUT2D eigenvalue weighted by molar-refractivity contribution is 0.0703. The van der Waals surface area contributed by atoms with Gasteiger partial charge < -0.3 is 4.90 Å². The summed E-state index contributed by atoms with van der Waals surface area (Å²) in [7, 11) is -1.69. The van der Waals surface area contributed by atoms with Crippen molar-refractivity contribution in [1.82, 2.24) is 19.0 Å². The summed E-state index contributed by atoms with van der Waals surface area (Å²) in [5, 5.41) is 5.37. The van der Waals surface area contributed by atoms with E-state index in [0.717, 1.165) is 27.0 Å². The SMILES string of the molecule is Cc1ccc(S(=O)(=O)N2CCN(C(=O)c3cc4c(C)nn(C)c4s3)CC2)c(C)c1. The molecule has 0 radical (unpaired) electrons. The molecule has 1 fully saturated rings. The Labute approximate surface area is 174 Å². The molecule has 0 unspecified atom stereocenters. The largest absolute Gasteiger partial charge is 0.335 e. The molecule has 2 aromatic heterocycles. The van der Waals surface area contributed by atoms with Crippen LogP contribution in [0.15, 0.2) is 29.2 Å². The van der Waals surface area contributed by atoms with Crippen LogP contribution < -0.4 is 0 Å². The fraction of sp³-hybridized carbons (Fsp3) is 0.400. The molecule has 0 saturated carbocycles. The Bertz CT molecular complexity index is 1170. The highest BCUT2D eigenvalue weighted by atomic mass is 32.2. The number of benzene rings is 1. The Morgan fingerprint density at radius 1 is 1.07 bits per heavy atom. The lowest BCUT2D eigenvalue weighted by Gasteiger charge is -2.34. The molecule has 7 nitrogen and oxygen atoms in total. The van der Waals surface area contributed by atoms with Crippen molar-refractivity contribution in [3.05, 3.63) is 46.0 Å². The number of hydrogen-bond donors (Lipinski definition) is 0. The molecule has 29 heavy (non-hydrogen) atoms. The molecule has 0 aliphatic carbocycles. The van der Waals surface area contributed by atoms with Crippen LogP contribution >= 0.6 is 11.3 Å². The third kappa shape index (κ3) is 3.47. The second-order valence-electron chi connectivity index (χ2n) is 7.50. The number of hydrogen-bond acceptors (Lipinski definition) is 5. The summed E-state index contributed by atoms with van der Waals surface area (Å²) in [6.45, 7) is 7.06. The monoisotopic (exact) mass is 432 g/mol. The second kappa shape index (κ2) is 7.23. The molecule has 1 aliphatic heterocycles. The van der Waals surface area contributed by atoms with Crippen LogP contribution in [-0.2, 0) is 17.1 Å². The molecule has 1 aromatic carbocycles. The predicted octanol–water partition coefficient (Wildman–Crippen LogP) is 2.71. The van der Waals surface area contributed by atoms with E-state index in [-0.39, 0.29) is 5.91 Å². The van der Waals surface area contributed by atoms with Crippen molar-refractivity contribution in [3.63, 3.8) is 0 Å². The van der Waals surface area contributed by atoms with Gasteiger partial charge in [-0.2, -0.15) is 9.40 Å². The van der Waals surface area contributed by atoms with Crippen LogP contribution in [0.25, 0.3) is 10.2 Å². The number of fused-ring (bicyclic) bond motifs is 1. The van der Waals surface area contributed by atoms with Gasteiger partial charge in [0.25, 0.3) is 5.91 Å². The van der Waals surface area contributed by atoms with E-state index in [2.05, 4.69) is 5.10 Å². The van der Waals surface area contributed by atoms with Gasteiger partial charge in [0.05, 0.1) is 15.5 Å². The van der Waals surface area contributed by atoms with E-state index >= 15 is 0 Å². The quantitative estimate of drug-likeness (QED) is 0.638. The second-order valence-corrected chi connectivity index (χ2v) is 10.4. The van der Waals surface area contributed by atoms with E-state index in [1.807, 2.05) is 46.0 Å². The number of thiophene rings is 1. The Morgan fingerprint density at radius 3 is 2.38 bits per heavy atom. The molecular formula is C20H24N4O3S2. The number of carbonyl (C=O) groups excluding carboxylic acids is 1. The van der Waals surface area contributed by atoms with Gasteiger partial charge in [0.1, 0.15) is 4.83 Å². The standard InChI is InChI=1S/C20H24N4O3S2/c1-13-5-6-18(14(2)11-13)29(26,27)24-9-7-23(8-10-24)19(25)17-12-16-15(3)21-22(4)20(16)28-17/h5-6,11-12H,7-10H2,1-4H3. The van der Waals surface area contributed by atoms with Crippen LogP contribution in [0.5, 0.6) is 0 Å². The maximum atomic E-state index is 13.0. The summed E-state index contributed by atoms with van der Waals surface area (Å²) < 4.78 is 29.3. The van der Waals surface area contributed by atoms with Crippen molar-refractivity contribution in [1.29, 1.82) is 0 Å². The average molecular weight is 433 g/mol. The highest BCUT2D eigenvalue weighted by Gasteiger charge is 2.32. The average Bonchev–Trinajstić information content (AvgIpc) is 3.22. The van der Waals surface area contributed by atoms with Gasteiger partial charge in [-0.15, -0.1) is 11.3 Å². The molecule has 0 spiro atoms. The van der Waals surface area contributed by atoms with Crippen molar-refractivity contribution in [2.24, 2.45) is 7.05 Å². The van der Waals surface area contributed by atoms with Crippen molar-refractivity contribution >= 4 is 37.5 Å². The van der Waals surface area contributed by atoms with Crippen LogP contribution in [0.1, 0.15) is 26.5 Å². The first kappa shape index (κ1) is 20.1. The first-order valence-corrected chi connectivity index (χ1v) is 11.7. The molecule has 0 N–H and O–H groups in total. The molecule has 3 aromatic rings. The lowest BCUT2D eigenvalue weighted by Crippen LogP contribution is -2.50. The van der Waals surface area contributed by atoms with Gasteiger partial charge in [0, 0.05) is 38.6 Å². The fourth-order valence-electron chi connectivity index (χ4n) is 3.83. The normalized spacial score (nSPS) is 15.9. The molecule has 9 heteroatoms. The number of piperazine rings is 1. The first-order chi connectivity index (χ1) is 13.7. The molecule has 1 aliphatic rings. The molecular weight excluding hydrogens is 408 g/mol. The van der Waals surface area contributed by atoms with Crippen LogP contribution in [0.2, 0.25) is 0 Å². The zero-order valence-electron chi connectivity index (χ0n) is 17.0. The smallest absolute Gasteiger partial charge is 0.264 e. The molecule has 3 heterocycles. The maximum absolute atomic E-state index is 13.0. The third-order valence-electron chi connectivity index (χ3n) is 5.38. The van der Waals surface area contributed by atoms with Crippen molar-refractivity contribution < 1.29 is 13.2 Å². The maximum Gasteiger partial charge on any atom is 0.264 e. The topological polar surface area (TPSA) is 75.5 Å². The van der Waals surface area contributed by atoms with E-state index in [1.165, 1.54) is 15.6 Å². The highest BCUT2D eigenvalue weighted by molar-refractivity contribution is 7.89. The van der Waals surface area contributed by atoms with Gasteiger partial charge in [-0.05, 0) is 38.5 Å². The first-order valence-electron chi connectivity index (χ1n) is 9.48. The van der Waals surface area contributed by atoms with Crippen LogP contribution in [0.4, 0.5) is 0 Å². The number of aryl methyl sites for hydroxylation is 4. The minimum Gasteiger partial charge on any atom is -0.335 e. The van der Waals surface area contributed by atoms with Crippen molar-refractivity contribution in [3.8, 4) is 0 Å². The van der Waals surface area contributed by atoms with Gasteiger partial charge in [-0.1, -0.05) is 17.7 Å². The number of aromatic nitrogens is 2. The Hall–Kier alpha value is -2.23. The number of amides is 1. The van der Waals surface area contributed by atoms with E-state index < -0.39 is 10.0 Å². The number of sulfonamides is 1. The lowest BCUT2D eigenvalue weighted by atomic mass is 10.2. The molecule has 4 rings (SSSR count). The van der Waals surface area contributed by atoms with Gasteiger partial charge >= 0.3 is 0 Å². The summed E-state index contributed by atoms with van der Waals surface area (Å²) in [6.07, 6.45) is 0. The van der Waals surface area contributed by atoms with Gasteiger partial charge in [-0.25, -0.2) is 8.42 Å².